The molecule has 0 spiro atoms. The molecule has 0 bridgehead atoms. The maximum Gasteiger partial charge on any atom is 0.239 e. The Morgan fingerprint density at radius 1 is 1.17 bits per heavy atom. The highest BCUT2D eigenvalue weighted by molar-refractivity contribution is 7.14. The van der Waals surface area contributed by atoms with E-state index < -0.39 is 0 Å². The molecule has 0 aliphatic heterocycles. The van der Waals surface area contributed by atoms with Crippen LogP contribution in [0.5, 0.6) is 0 Å². The second-order valence-electron chi connectivity index (χ2n) is 6.19. The van der Waals surface area contributed by atoms with Gasteiger partial charge in [0.05, 0.1) is 5.69 Å². The monoisotopic (exact) mass is 424 g/mol. The number of nitrogens with zero attached hydrogens (tertiary/aromatic N) is 5. The summed E-state index contributed by atoms with van der Waals surface area (Å²) in [4.78, 5) is 35.8. The first kappa shape index (κ1) is 19.4. The third-order valence-corrected chi connectivity index (χ3v) is 4.67. The van der Waals surface area contributed by atoms with E-state index in [2.05, 4.69) is 40.9 Å². The number of carbonyl (C=O) groups excluding carboxylic acids is 2. The Morgan fingerprint density at radius 2 is 2.00 bits per heavy atom. The lowest BCUT2D eigenvalue weighted by Crippen LogP contribution is -2.12. The van der Waals surface area contributed by atoms with Crippen LogP contribution in [-0.4, -0.2) is 42.1 Å². The fourth-order valence-corrected chi connectivity index (χ4v) is 3.30. The van der Waals surface area contributed by atoms with Crippen molar-refractivity contribution in [2.75, 3.05) is 10.6 Å². The van der Waals surface area contributed by atoms with Crippen molar-refractivity contribution in [2.45, 2.75) is 19.8 Å². The standard InChI is InChI=1S/C18H16N8O3S/c1-10(27)21-12-4-2-11(3-5-12)13-8-30-18(22-13)23-14(28)6-7-15-24-17(26-29-15)16-19-9-20-25-16/h2-5,8-9H,6-7H2,1H3,(H,21,27)(H,19,20,25)(H,22,23,28). The molecular weight excluding hydrogens is 408 g/mol. The van der Waals surface area contributed by atoms with E-state index in [4.69, 9.17) is 4.52 Å². The van der Waals surface area contributed by atoms with Crippen molar-refractivity contribution < 1.29 is 14.1 Å². The van der Waals surface area contributed by atoms with Gasteiger partial charge in [-0.2, -0.15) is 10.1 Å². The summed E-state index contributed by atoms with van der Waals surface area (Å²) in [5.41, 5.74) is 2.33. The van der Waals surface area contributed by atoms with Crippen molar-refractivity contribution in [1.29, 1.82) is 0 Å². The number of anilines is 2. The van der Waals surface area contributed by atoms with Crippen LogP contribution in [0.1, 0.15) is 19.2 Å². The van der Waals surface area contributed by atoms with Gasteiger partial charge in [0.2, 0.25) is 23.5 Å². The van der Waals surface area contributed by atoms with Crippen molar-refractivity contribution in [1.82, 2.24) is 30.3 Å². The summed E-state index contributed by atoms with van der Waals surface area (Å²) in [6, 6.07) is 7.30. The molecule has 30 heavy (non-hydrogen) atoms. The van der Waals surface area contributed by atoms with E-state index in [1.54, 1.807) is 12.1 Å². The van der Waals surface area contributed by atoms with E-state index >= 15 is 0 Å². The molecule has 3 heterocycles. The number of hydrogen-bond donors (Lipinski definition) is 3. The Balaban J connectivity index is 1.31. The number of aryl methyl sites for hydroxylation is 1. The number of aromatic nitrogens is 6. The predicted molar refractivity (Wildman–Crippen MR) is 108 cm³/mol. The van der Waals surface area contributed by atoms with E-state index in [0.717, 1.165) is 11.3 Å². The van der Waals surface area contributed by atoms with Gasteiger partial charge >= 0.3 is 0 Å². The average molecular weight is 424 g/mol. The number of hydrogen-bond acceptors (Lipinski definition) is 9. The van der Waals surface area contributed by atoms with Gasteiger partial charge in [0.15, 0.2) is 11.0 Å². The molecule has 0 fully saturated rings. The zero-order chi connectivity index (χ0) is 20.9. The summed E-state index contributed by atoms with van der Waals surface area (Å²) in [5, 5.41) is 18.0. The summed E-state index contributed by atoms with van der Waals surface area (Å²) in [6.45, 7) is 1.46. The zero-order valence-electron chi connectivity index (χ0n) is 15.7. The maximum atomic E-state index is 12.2. The van der Waals surface area contributed by atoms with Crippen LogP contribution >= 0.6 is 11.3 Å². The topological polar surface area (TPSA) is 152 Å². The number of amides is 2. The van der Waals surface area contributed by atoms with E-state index in [1.807, 2.05) is 17.5 Å². The highest BCUT2D eigenvalue weighted by Gasteiger charge is 2.13. The Bertz CT molecular complexity index is 1150. The molecule has 0 atom stereocenters. The molecule has 3 aromatic heterocycles. The third kappa shape index (κ3) is 4.72. The van der Waals surface area contributed by atoms with Gasteiger partial charge in [0.1, 0.15) is 6.33 Å². The van der Waals surface area contributed by atoms with Gasteiger partial charge in [-0.15, -0.1) is 11.3 Å². The molecule has 4 rings (SSSR count). The quantitative estimate of drug-likeness (QED) is 0.409. The smallest absolute Gasteiger partial charge is 0.239 e. The van der Waals surface area contributed by atoms with Crippen LogP contribution in [0.3, 0.4) is 0 Å². The molecular formula is C18H16N8O3S. The molecule has 0 unspecified atom stereocenters. The number of nitrogens with one attached hydrogen (secondary N) is 3. The first-order valence-electron chi connectivity index (χ1n) is 8.88. The molecule has 0 saturated carbocycles. The van der Waals surface area contributed by atoms with Crippen LogP contribution in [0.2, 0.25) is 0 Å². The minimum absolute atomic E-state index is 0.129. The number of aromatic amines is 1. The van der Waals surface area contributed by atoms with Gasteiger partial charge in [-0.25, -0.2) is 9.97 Å². The molecule has 2 amide bonds. The molecule has 0 saturated heterocycles. The summed E-state index contributed by atoms with van der Waals surface area (Å²) < 4.78 is 5.12. The van der Waals surface area contributed by atoms with E-state index in [9.17, 15) is 9.59 Å². The van der Waals surface area contributed by atoms with Gasteiger partial charge in [-0.05, 0) is 12.1 Å². The van der Waals surface area contributed by atoms with E-state index in [1.165, 1.54) is 24.6 Å². The third-order valence-electron chi connectivity index (χ3n) is 3.91. The Morgan fingerprint density at radius 3 is 2.73 bits per heavy atom. The number of carbonyl (C=O) groups is 2. The summed E-state index contributed by atoms with van der Waals surface area (Å²) in [7, 11) is 0. The number of rotatable bonds is 7. The Hall–Kier alpha value is -3.93. The van der Waals surface area contributed by atoms with Gasteiger partial charge < -0.3 is 15.2 Å². The van der Waals surface area contributed by atoms with E-state index in [0.29, 0.717) is 22.5 Å². The van der Waals surface area contributed by atoms with Crippen molar-refractivity contribution in [3.05, 3.63) is 41.9 Å². The van der Waals surface area contributed by atoms with Crippen LogP contribution in [0.15, 0.2) is 40.5 Å². The van der Waals surface area contributed by atoms with Crippen LogP contribution in [0.4, 0.5) is 10.8 Å². The van der Waals surface area contributed by atoms with Crippen molar-refractivity contribution >= 4 is 34.0 Å². The Kier molecular flexibility index (Phi) is 5.57. The largest absolute Gasteiger partial charge is 0.339 e. The molecule has 0 radical (unpaired) electrons. The van der Waals surface area contributed by atoms with Crippen LogP contribution in [0.25, 0.3) is 22.9 Å². The molecule has 1 aromatic carbocycles. The average Bonchev–Trinajstić information content (AvgIpc) is 3.48. The van der Waals surface area contributed by atoms with Gasteiger partial charge in [0, 0.05) is 36.4 Å². The minimum atomic E-state index is -0.212. The lowest BCUT2D eigenvalue weighted by molar-refractivity contribution is -0.116. The number of thiazole rings is 1. The molecule has 12 heteroatoms. The first-order chi connectivity index (χ1) is 14.6. The molecule has 11 nitrogen and oxygen atoms in total. The van der Waals surface area contributed by atoms with Crippen molar-refractivity contribution in [3.63, 3.8) is 0 Å². The summed E-state index contributed by atoms with van der Waals surface area (Å²) in [6.07, 6.45) is 1.80. The van der Waals surface area contributed by atoms with Crippen molar-refractivity contribution in [3.8, 4) is 22.9 Å². The fourth-order valence-electron chi connectivity index (χ4n) is 2.56. The lowest BCUT2D eigenvalue weighted by Gasteiger charge is -2.03. The van der Waals surface area contributed by atoms with Gasteiger partial charge in [0.25, 0.3) is 0 Å². The first-order valence-corrected chi connectivity index (χ1v) is 9.76. The lowest BCUT2D eigenvalue weighted by atomic mass is 10.1. The fraction of sp³-hybridized carbons (Fsp3) is 0.167. The SMILES string of the molecule is CC(=O)Nc1ccc(-c2csc(NC(=O)CCc3nc(-c4ncn[nH]4)no3)n2)cc1. The summed E-state index contributed by atoms with van der Waals surface area (Å²) >= 11 is 1.33. The number of H-pyrrole nitrogens is 1. The number of benzene rings is 1. The maximum absolute atomic E-state index is 12.2. The normalized spacial score (nSPS) is 10.7. The molecule has 4 aromatic rings. The predicted octanol–water partition coefficient (Wildman–Crippen LogP) is 2.51. The second-order valence-corrected chi connectivity index (χ2v) is 7.05. The van der Waals surface area contributed by atoms with Crippen LogP contribution in [0, 0.1) is 0 Å². The van der Waals surface area contributed by atoms with Crippen molar-refractivity contribution in [2.24, 2.45) is 0 Å². The molecule has 152 valence electrons. The highest BCUT2D eigenvalue weighted by atomic mass is 32.1. The molecule has 0 aliphatic rings. The zero-order valence-corrected chi connectivity index (χ0v) is 16.6. The minimum Gasteiger partial charge on any atom is -0.339 e. The Labute approximate surface area is 174 Å². The second kappa shape index (κ2) is 8.61. The van der Waals surface area contributed by atoms with Gasteiger partial charge in [-0.3, -0.25) is 14.7 Å². The van der Waals surface area contributed by atoms with E-state index in [-0.39, 0.29) is 30.5 Å². The molecule has 0 aliphatic carbocycles. The highest BCUT2D eigenvalue weighted by Crippen LogP contribution is 2.26. The molecule has 3 N–H and O–H groups in total. The van der Waals surface area contributed by atoms with Gasteiger partial charge in [-0.1, -0.05) is 17.3 Å². The van der Waals surface area contributed by atoms with Crippen LogP contribution in [-0.2, 0) is 16.0 Å². The summed E-state index contributed by atoms with van der Waals surface area (Å²) in [5.74, 6) is 0.676. The van der Waals surface area contributed by atoms with Crippen LogP contribution < -0.4 is 10.6 Å².